The summed E-state index contributed by atoms with van der Waals surface area (Å²) < 4.78 is 38.1. The summed E-state index contributed by atoms with van der Waals surface area (Å²) >= 11 is 0. The smallest absolute Gasteiger partial charge is 0.243 e. The van der Waals surface area contributed by atoms with Gasteiger partial charge in [0.1, 0.15) is 0 Å². The highest BCUT2D eigenvalue weighted by Gasteiger charge is 2.27. The lowest BCUT2D eigenvalue weighted by atomic mass is 10.1. The minimum absolute atomic E-state index is 0.203. The summed E-state index contributed by atoms with van der Waals surface area (Å²) in [5.74, 6) is 0. The van der Waals surface area contributed by atoms with E-state index < -0.39 is 10.0 Å². The van der Waals surface area contributed by atoms with E-state index in [0.29, 0.717) is 31.2 Å². The fourth-order valence-electron chi connectivity index (χ4n) is 3.41. The molecular weight excluding hydrogens is 328 g/mol. The number of hydrogen-bond donors (Lipinski definition) is 0. The van der Waals surface area contributed by atoms with Crippen LogP contribution in [0.4, 0.5) is 0 Å². The van der Waals surface area contributed by atoms with Gasteiger partial charge in [-0.15, -0.1) is 0 Å². The molecule has 2 atom stereocenters. The van der Waals surface area contributed by atoms with Gasteiger partial charge in [-0.2, -0.15) is 4.31 Å². The van der Waals surface area contributed by atoms with Crippen molar-refractivity contribution < 1.29 is 17.9 Å². The molecule has 2 heterocycles. The lowest BCUT2D eigenvalue weighted by molar-refractivity contribution is -0.0705. The maximum absolute atomic E-state index is 12.8. The molecule has 6 nitrogen and oxygen atoms in total. The van der Waals surface area contributed by atoms with Gasteiger partial charge in [0.25, 0.3) is 0 Å². The average molecular weight is 354 g/mol. The van der Waals surface area contributed by atoms with E-state index in [9.17, 15) is 8.42 Å². The van der Waals surface area contributed by atoms with Gasteiger partial charge in [-0.3, -0.25) is 4.90 Å². The zero-order valence-corrected chi connectivity index (χ0v) is 15.2. The molecule has 0 aromatic heterocycles. The van der Waals surface area contributed by atoms with Gasteiger partial charge in [0.15, 0.2) is 0 Å². The molecule has 0 N–H and O–H groups in total. The van der Waals surface area contributed by atoms with Crippen LogP contribution in [0.2, 0.25) is 0 Å². The molecule has 134 valence electrons. The molecule has 0 aliphatic carbocycles. The second kappa shape index (κ2) is 7.49. The fraction of sp³-hybridized carbons (Fsp3) is 0.647. The first-order valence-corrected chi connectivity index (χ1v) is 9.94. The Morgan fingerprint density at radius 2 is 1.79 bits per heavy atom. The van der Waals surface area contributed by atoms with E-state index in [-0.39, 0.29) is 12.2 Å². The Kier molecular flexibility index (Phi) is 5.56. The quantitative estimate of drug-likeness (QED) is 0.816. The lowest BCUT2D eigenvalue weighted by Gasteiger charge is -2.35. The topological polar surface area (TPSA) is 59.1 Å². The molecule has 0 bridgehead atoms. The van der Waals surface area contributed by atoms with Crippen molar-refractivity contribution in [3.63, 3.8) is 0 Å². The minimum Gasteiger partial charge on any atom is -0.379 e. The van der Waals surface area contributed by atoms with E-state index in [1.807, 2.05) is 12.1 Å². The van der Waals surface area contributed by atoms with Crippen molar-refractivity contribution in [2.75, 3.05) is 39.4 Å². The van der Waals surface area contributed by atoms with Gasteiger partial charge >= 0.3 is 0 Å². The van der Waals surface area contributed by atoms with Crippen LogP contribution < -0.4 is 0 Å². The van der Waals surface area contributed by atoms with E-state index in [0.717, 1.165) is 25.2 Å². The van der Waals surface area contributed by atoms with Gasteiger partial charge in [0.2, 0.25) is 10.0 Å². The molecule has 2 unspecified atom stereocenters. The van der Waals surface area contributed by atoms with E-state index in [4.69, 9.17) is 9.47 Å². The maximum atomic E-state index is 12.8. The van der Waals surface area contributed by atoms with Crippen molar-refractivity contribution in [1.29, 1.82) is 0 Å². The van der Waals surface area contributed by atoms with Gasteiger partial charge in [-0.1, -0.05) is 12.1 Å². The molecule has 0 spiro atoms. The Hall–Kier alpha value is -0.990. The minimum atomic E-state index is -3.44. The Labute approximate surface area is 144 Å². The van der Waals surface area contributed by atoms with Crippen molar-refractivity contribution in [3.05, 3.63) is 29.8 Å². The molecule has 0 amide bonds. The van der Waals surface area contributed by atoms with Crippen LogP contribution in [0, 0.1) is 0 Å². The fourth-order valence-corrected chi connectivity index (χ4v) is 4.89. The third-order valence-corrected chi connectivity index (χ3v) is 6.30. The zero-order chi connectivity index (χ0) is 17.2. The largest absolute Gasteiger partial charge is 0.379 e. The van der Waals surface area contributed by atoms with Crippen LogP contribution in [0.1, 0.15) is 19.4 Å². The summed E-state index contributed by atoms with van der Waals surface area (Å²) in [4.78, 5) is 2.69. The normalized spacial score (nSPS) is 27.2. The summed E-state index contributed by atoms with van der Waals surface area (Å²) in [5, 5.41) is 0. The Balaban J connectivity index is 1.74. The average Bonchev–Trinajstić information content (AvgIpc) is 2.55. The second-order valence-electron chi connectivity index (χ2n) is 6.62. The van der Waals surface area contributed by atoms with Crippen LogP contribution in [-0.2, 0) is 26.0 Å². The number of morpholine rings is 2. The highest BCUT2D eigenvalue weighted by atomic mass is 32.2. The van der Waals surface area contributed by atoms with Gasteiger partial charge < -0.3 is 9.47 Å². The molecule has 3 rings (SSSR count). The first-order chi connectivity index (χ1) is 11.4. The van der Waals surface area contributed by atoms with E-state index in [1.54, 1.807) is 12.1 Å². The monoisotopic (exact) mass is 354 g/mol. The summed E-state index contributed by atoms with van der Waals surface area (Å²) in [6.45, 7) is 8.38. The van der Waals surface area contributed by atoms with Crippen molar-refractivity contribution in [2.45, 2.75) is 37.5 Å². The SMILES string of the molecule is CC1CN(Cc2cccc(S(=O)(=O)N3CCOCC3)c2)CC(C)O1. The van der Waals surface area contributed by atoms with Crippen LogP contribution in [0.15, 0.2) is 29.2 Å². The second-order valence-corrected chi connectivity index (χ2v) is 8.55. The predicted molar refractivity (Wildman–Crippen MR) is 91.3 cm³/mol. The maximum Gasteiger partial charge on any atom is 0.243 e. The van der Waals surface area contributed by atoms with E-state index in [1.165, 1.54) is 4.31 Å². The number of benzene rings is 1. The summed E-state index contributed by atoms with van der Waals surface area (Å²) in [6, 6.07) is 7.30. The van der Waals surface area contributed by atoms with Crippen LogP contribution in [0.5, 0.6) is 0 Å². The molecular formula is C17H26N2O4S. The summed E-state index contributed by atoms with van der Waals surface area (Å²) in [6.07, 6.45) is 0.406. The van der Waals surface area contributed by atoms with E-state index in [2.05, 4.69) is 18.7 Å². The number of hydrogen-bond acceptors (Lipinski definition) is 5. The molecule has 1 aromatic rings. The van der Waals surface area contributed by atoms with Gasteiger partial charge in [0, 0.05) is 32.7 Å². The predicted octanol–water partition coefficient (Wildman–Crippen LogP) is 1.32. The van der Waals surface area contributed by atoms with Gasteiger partial charge in [0.05, 0.1) is 30.3 Å². The summed E-state index contributed by atoms with van der Waals surface area (Å²) in [7, 11) is -3.44. The Morgan fingerprint density at radius 3 is 2.46 bits per heavy atom. The Bertz CT molecular complexity index is 648. The third-order valence-electron chi connectivity index (χ3n) is 4.41. The molecule has 1 aromatic carbocycles. The van der Waals surface area contributed by atoms with Crippen LogP contribution in [0.25, 0.3) is 0 Å². The third kappa shape index (κ3) is 4.15. The molecule has 2 fully saturated rings. The number of rotatable bonds is 4. The van der Waals surface area contributed by atoms with Crippen LogP contribution >= 0.6 is 0 Å². The highest BCUT2D eigenvalue weighted by Crippen LogP contribution is 2.20. The van der Waals surface area contributed by atoms with Gasteiger partial charge in [-0.05, 0) is 31.5 Å². The highest BCUT2D eigenvalue weighted by molar-refractivity contribution is 7.89. The van der Waals surface area contributed by atoms with Gasteiger partial charge in [-0.25, -0.2) is 8.42 Å². The molecule has 24 heavy (non-hydrogen) atoms. The van der Waals surface area contributed by atoms with Crippen LogP contribution in [-0.4, -0.2) is 69.2 Å². The summed E-state index contributed by atoms with van der Waals surface area (Å²) in [5.41, 5.74) is 1.02. The first-order valence-electron chi connectivity index (χ1n) is 8.50. The van der Waals surface area contributed by atoms with Crippen molar-refractivity contribution in [3.8, 4) is 0 Å². The molecule has 2 aliphatic heterocycles. The molecule has 2 aliphatic rings. The molecule has 0 saturated carbocycles. The number of ether oxygens (including phenoxy) is 2. The van der Waals surface area contributed by atoms with Crippen molar-refractivity contribution in [2.24, 2.45) is 0 Å². The van der Waals surface area contributed by atoms with E-state index >= 15 is 0 Å². The molecule has 2 saturated heterocycles. The van der Waals surface area contributed by atoms with Crippen molar-refractivity contribution in [1.82, 2.24) is 9.21 Å². The van der Waals surface area contributed by atoms with Crippen LogP contribution in [0.3, 0.4) is 0 Å². The lowest BCUT2D eigenvalue weighted by Crippen LogP contribution is -2.44. The molecule has 7 heteroatoms. The molecule has 0 radical (unpaired) electrons. The zero-order valence-electron chi connectivity index (χ0n) is 14.3. The standard InChI is InChI=1S/C17H26N2O4S/c1-14-11-18(12-15(2)23-14)13-16-4-3-5-17(10-16)24(20,21)19-6-8-22-9-7-19/h3-5,10,14-15H,6-9,11-13H2,1-2H3. The first kappa shape index (κ1) is 17.8. The number of nitrogens with zero attached hydrogens (tertiary/aromatic N) is 2. The van der Waals surface area contributed by atoms with Crippen molar-refractivity contribution >= 4 is 10.0 Å². The number of sulfonamides is 1. The Morgan fingerprint density at radius 1 is 1.12 bits per heavy atom.